The molecule has 0 bridgehead atoms. The standard InChI is InChI=1S/C18H17NO3/c1-2-17(20)21-12-13-22-18(14-19)10-8-16(9-11-18)15-6-4-3-5-7-15/h2-10H,1,11-13H2. The van der Waals surface area contributed by atoms with Crippen molar-refractivity contribution in [3.63, 3.8) is 0 Å². The molecular weight excluding hydrogens is 278 g/mol. The van der Waals surface area contributed by atoms with Gasteiger partial charge in [0, 0.05) is 12.5 Å². The predicted octanol–water partition coefficient (Wildman–Crippen LogP) is 3.04. The third-order valence-electron chi connectivity index (χ3n) is 3.31. The average Bonchev–Trinajstić information content (AvgIpc) is 2.59. The molecule has 1 aromatic rings. The first-order valence-electron chi connectivity index (χ1n) is 6.98. The van der Waals surface area contributed by atoms with E-state index in [2.05, 4.69) is 12.6 Å². The summed E-state index contributed by atoms with van der Waals surface area (Å²) in [5.74, 6) is -0.500. The number of carbonyl (C=O) groups excluding carboxylic acids is 1. The third kappa shape index (κ3) is 3.94. The van der Waals surface area contributed by atoms with E-state index in [1.54, 1.807) is 6.08 Å². The lowest BCUT2D eigenvalue weighted by molar-refractivity contribution is -0.140. The van der Waals surface area contributed by atoms with Gasteiger partial charge in [0.1, 0.15) is 12.7 Å². The Balaban J connectivity index is 1.93. The molecule has 22 heavy (non-hydrogen) atoms. The van der Waals surface area contributed by atoms with Crippen LogP contribution in [0.1, 0.15) is 12.0 Å². The normalized spacial score (nSPS) is 19.9. The van der Waals surface area contributed by atoms with Gasteiger partial charge in [-0.1, -0.05) is 49.1 Å². The summed E-state index contributed by atoms with van der Waals surface area (Å²) in [5, 5.41) is 9.37. The van der Waals surface area contributed by atoms with Crippen LogP contribution in [0.5, 0.6) is 0 Å². The van der Waals surface area contributed by atoms with E-state index in [0.29, 0.717) is 6.42 Å². The second-order valence-corrected chi connectivity index (χ2v) is 4.78. The molecule has 1 aliphatic rings. The first-order valence-corrected chi connectivity index (χ1v) is 6.98. The van der Waals surface area contributed by atoms with E-state index in [4.69, 9.17) is 9.47 Å². The Kier molecular flexibility index (Phi) is 5.29. The molecule has 0 heterocycles. The Labute approximate surface area is 130 Å². The van der Waals surface area contributed by atoms with Gasteiger partial charge in [0.25, 0.3) is 0 Å². The van der Waals surface area contributed by atoms with E-state index in [1.807, 2.05) is 42.5 Å². The first-order chi connectivity index (χ1) is 10.7. The van der Waals surface area contributed by atoms with Crippen LogP contribution in [0.2, 0.25) is 0 Å². The molecule has 0 N–H and O–H groups in total. The smallest absolute Gasteiger partial charge is 0.330 e. The molecule has 0 radical (unpaired) electrons. The topological polar surface area (TPSA) is 59.3 Å². The number of hydrogen-bond acceptors (Lipinski definition) is 4. The third-order valence-corrected chi connectivity index (χ3v) is 3.31. The summed E-state index contributed by atoms with van der Waals surface area (Å²) in [6.45, 7) is 3.56. The lowest BCUT2D eigenvalue weighted by Gasteiger charge is -2.25. The minimum atomic E-state index is -1.00. The summed E-state index contributed by atoms with van der Waals surface area (Å²) in [6.07, 6.45) is 7.17. The molecule has 1 atom stereocenters. The number of hydrogen-bond donors (Lipinski definition) is 0. The van der Waals surface area contributed by atoms with E-state index >= 15 is 0 Å². The van der Waals surface area contributed by atoms with Crippen LogP contribution in [0.4, 0.5) is 0 Å². The summed E-state index contributed by atoms with van der Waals surface area (Å²) in [6, 6.07) is 12.1. The van der Waals surface area contributed by atoms with Gasteiger partial charge in [-0.15, -0.1) is 0 Å². The van der Waals surface area contributed by atoms with E-state index in [-0.39, 0.29) is 13.2 Å². The van der Waals surface area contributed by atoms with Crippen LogP contribution < -0.4 is 0 Å². The van der Waals surface area contributed by atoms with Crippen molar-refractivity contribution in [2.24, 2.45) is 0 Å². The molecule has 0 saturated carbocycles. The highest BCUT2D eigenvalue weighted by Crippen LogP contribution is 2.29. The van der Waals surface area contributed by atoms with Gasteiger partial charge in [-0.05, 0) is 17.2 Å². The number of rotatable bonds is 6. The Bertz CT molecular complexity index is 640. The fourth-order valence-corrected chi connectivity index (χ4v) is 2.11. The number of nitrogens with zero attached hydrogens (tertiary/aromatic N) is 1. The fourth-order valence-electron chi connectivity index (χ4n) is 2.11. The number of benzene rings is 1. The zero-order valence-electron chi connectivity index (χ0n) is 12.2. The molecule has 1 aromatic carbocycles. The van der Waals surface area contributed by atoms with Crippen LogP contribution in [0.15, 0.2) is 61.2 Å². The zero-order chi connectivity index (χ0) is 15.8. The van der Waals surface area contributed by atoms with Gasteiger partial charge in [-0.25, -0.2) is 4.79 Å². The molecule has 1 unspecified atom stereocenters. The highest BCUT2D eigenvalue weighted by Gasteiger charge is 2.29. The van der Waals surface area contributed by atoms with E-state index < -0.39 is 11.6 Å². The minimum absolute atomic E-state index is 0.0946. The summed E-state index contributed by atoms with van der Waals surface area (Å²) in [4.78, 5) is 10.9. The quantitative estimate of drug-likeness (QED) is 0.460. The fraction of sp³-hybridized carbons (Fsp3) is 0.222. The molecule has 0 aromatic heterocycles. The lowest BCUT2D eigenvalue weighted by Crippen LogP contribution is -2.31. The molecular formula is C18H17NO3. The number of carbonyl (C=O) groups is 1. The van der Waals surface area contributed by atoms with E-state index in [9.17, 15) is 10.1 Å². The number of esters is 1. The molecule has 4 nitrogen and oxygen atoms in total. The maximum Gasteiger partial charge on any atom is 0.330 e. The molecule has 0 fully saturated rings. The zero-order valence-corrected chi connectivity index (χ0v) is 12.2. The van der Waals surface area contributed by atoms with E-state index in [0.717, 1.165) is 17.2 Å². The van der Waals surface area contributed by atoms with Crippen molar-refractivity contribution in [2.45, 2.75) is 12.0 Å². The van der Waals surface area contributed by atoms with Gasteiger partial charge >= 0.3 is 5.97 Å². The van der Waals surface area contributed by atoms with Crippen molar-refractivity contribution in [1.82, 2.24) is 0 Å². The molecule has 2 rings (SSSR count). The maximum atomic E-state index is 10.9. The Morgan fingerprint density at radius 3 is 2.73 bits per heavy atom. The molecule has 0 saturated heterocycles. The van der Waals surface area contributed by atoms with E-state index in [1.165, 1.54) is 0 Å². The first kappa shape index (κ1) is 15.7. The van der Waals surface area contributed by atoms with Crippen LogP contribution >= 0.6 is 0 Å². The highest BCUT2D eigenvalue weighted by molar-refractivity contribution is 5.81. The van der Waals surface area contributed by atoms with Gasteiger partial charge in [-0.2, -0.15) is 5.26 Å². The van der Waals surface area contributed by atoms with Crippen molar-refractivity contribution >= 4 is 11.5 Å². The van der Waals surface area contributed by atoms with Crippen LogP contribution in [0.25, 0.3) is 5.57 Å². The molecule has 112 valence electrons. The summed E-state index contributed by atoms with van der Waals surface area (Å²) < 4.78 is 10.4. The Hall–Kier alpha value is -2.64. The molecule has 0 aliphatic heterocycles. The lowest BCUT2D eigenvalue weighted by atomic mass is 9.90. The molecule has 4 heteroatoms. The minimum Gasteiger partial charge on any atom is -0.460 e. The number of nitriles is 1. The monoisotopic (exact) mass is 295 g/mol. The van der Waals surface area contributed by atoms with Gasteiger partial charge in [0.2, 0.25) is 0 Å². The van der Waals surface area contributed by atoms with Gasteiger partial charge in [0.15, 0.2) is 5.60 Å². The molecule has 1 aliphatic carbocycles. The summed E-state index contributed by atoms with van der Waals surface area (Å²) in [5.41, 5.74) is 1.16. The summed E-state index contributed by atoms with van der Waals surface area (Å²) >= 11 is 0. The van der Waals surface area contributed by atoms with Crippen molar-refractivity contribution in [1.29, 1.82) is 5.26 Å². The number of allylic oxidation sites excluding steroid dienone is 2. The molecule has 0 amide bonds. The van der Waals surface area contributed by atoms with Crippen molar-refractivity contribution in [2.75, 3.05) is 13.2 Å². The molecule has 0 spiro atoms. The Morgan fingerprint density at radius 2 is 2.14 bits per heavy atom. The van der Waals surface area contributed by atoms with Crippen molar-refractivity contribution < 1.29 is 14.3 Å². The second-order valence-electron chi connectivity index (χ2n) is 4.78. The van der Waals surface area contributed by atoms with Crippen molar-refractivity contribution in [3.05, 3.63) is 66.8 Å². The summed E-state index contributed by atoms with van der Waals surface area (Å²) in [7, 11) is 0. The predicted molar refractivity (Wildman–Crippen MR) is 83.6 cm³/mol. The van der Waals surface area contributed by atoms with Crippen LogP contribution in [0, 0.1) is 11.3 Å². The van der Waals surface area contributed by atoms with Gasteiger partial charge < -0.3 is 9.47 Å². The Morgan fingerprint density at radius 1 is 1.36 bits per heavy atom. The van der Waals surface area contributed by atoms with Crippen LogP contribution in [-0.2, 0) is 14.3 Å². The van der Waals surface area contributed by atoms with Crippen LogP contribution in [-0.4, -0.2) is 24.8 Å². The van der Waals surface area contributed by atoms with Crippen molar-refractivity contribution in [3.8, 4) is 6.07 Å². The second kappa shape index (κ2) is 7.39. The van der Waals surface area contributed by atoms with Gasteiger partial charge in [0.05, 0.1) is 6.61 Å². The SMILES string of the molecule is C=CC(=O)OCCOC1(C#N)C=CC(c2ccccc2)=CC1. The largest absolute Gasteiger partial charge is 0.460 e. The number of ether oxygens (including phenoxy) is 2. The maximum absolute atomic E-state index is 10.9. The van der Waals surface area contributed by atoms with Gasteiger partial charge in [-0.3, -0.25) is 0 Å². The highest BCUT2D eigenvalue weighted by atomic mass is 16.6. The van der Waals surface area contributed by atoms with Crippen LogP contribution in [0.3, 0.4) is 0 Å². The average molecular weight is 295 g/mol.